The number of hydrogen-bond acceptors (Lipinski definition) is 4. The van der Waals surface area contributed by atoms with Gasteiger partial charge in [0, 0.05) is 13.5 Å². The van der Waals surface area contributed by atoms with Gasteiger partial charge in [-0.1, -0.05) is 19.8 Å². The molecule has 5 nitrogen and oxygen atoms in total. The van der Waals surface area contributed by atoms with Gasteiger partial charge in [0.1, 0.15) is 12.4 Å². The Hall–Kier alpha value is -1.70. The summed E-state index contributed by atoms with van der Waals surface area (Å²) in [5, 5.41) is 12.3. The topological polar surface area (TPSA) is 77.6 Å². The molecule has 1 N–H and O–H groups in total. The van der Waals surface area contributed by atoms with E-state index in [1.807, 2.05) is 0 Å². The van der Waals surface area contributed by atoms with Crippen LogP contribution in [0.4, 0.5) is 0 Å². The van der Waals surface area contributed by atoms with Crippen molar-refractivity contribution < 1.29 is 4.79 Å². The van der Waals surface area contributed by atoms with E-state index in [0.717, 1.165) is 19.3 Å². The van der Waals surface area contributed by atoms with Crippen molar-refractivity contribution in [1.82, 2.24) is 5.43 Å². The number of nitrogens with zero attached hydrogens (tertiary/aromatic N) is 3. The van der Waals surface area contributed by atoms with Crippen LogP contribution in [0, 0.1) is 11.3 Å². The summed E-state index contributed by atoms with van der Waals surface area (Å²) in [5.74, 6) is -0.219. The summed E-state index contributed by atoms with van der Waals surface area (Å²) in [6.45, 7) is 2.06. The Labute approximate surface area is 89.9 Å². The van der Waals surface area contributed by atoms with E-state index in [2.05, 4.69) is 22.4 Å². The van der Waals surface area contributed by atoms with Crippen LogP contribution in [0.5, 0.6) is 0 Å². The second-order valence-electron chi connectivity index (χ2n) is 2.97. The highest BCUT2D eigenvalue weighted by Gasteiger charge is 2.09. The van der Waals surface area contributed by atoms with Crippen LogP contribution in [0.3, 0.4) is 0 Å². The number of unbranched alkanes of at least 4 members (excludes halogenated alkanes) is 2. The van der Waals surface area contributed by atoms with Crippen molar-refractivity contribution in [3.63, 3.8) is 0 Å². The molecule has 82 valence electrons. The average molecular weight is 208 g/mol. The Bertz CT molecular complexity index is 288. The van der Waals surface area contributed by atoms with Gasteiger partial charge in [-0.05, 0) is 6.42 Å². The molecular formula is C10H16N4O. The number of ketones is 1. The molecule has 0 unspecified atom stereocenters. The van der Waals surface area contributed by atoms with Crippen LogP contribution in [0.25, 0.3) is 0 Å². The van der Waals surface area contributed by atoms with Crippen LogP contribution in [0.2, 0.25) is 0 Å². The van der Waals surface area contributed by atoms with Gasteiger partial charge in [-0.2, -0.15) is 10.4 Å². The molecule has 0 saturated heterocycles. The molecule has 0 spiro atoms. The smallest absolute Gasteiger partial charge is 0.203 e. The molecule has 5 heteroatoms. The number of aliphatic imine (C=N–C) groups is 1. The fraction of sp³-hybridized carbons (Fsp3) is 0.600. The summed E-state index contributed by atoms with van der Waals surface area (Å²) >= 11 is 0. The first kappa shape index (κ1) is 13.3. The summed E-state index contributed by atoms with van der Waals surface area (Å²) < 4.78 is 0. The van der Waals surface area contributed by atoms with E-state index in [-0.39, 0.29) is 11.5 Å². The molecule has 0 aromatic carbocycles. The van der Waals surface area contributed by atoms with E-state index in [9.17, 15) is 4.79 Å². The van der Waals surface area contributed by atoms with Crippen LogP contribution in [-0.2, 0) is 4.79 Å². The first-order valence-electron chi connectivity index (χ1n) is 4.93. The summed E-state index contributed by atoms with van der Waals surface area (Å²) in [6, 6.07) is 1.76. The fourth-order valence-electron chi connectivity index (χ4n) is 0.955. The van der Waals surface area contributed by atoms with Crippen molar-refractivity contribution in [3.8, 4) is 6.07 Å². The summed E-state index contributed by atoms with van der Waals surface area (Å²) in [6.07, 6.45) is 4.54. The molecule has 0 atom stereocenters. The van der Waals surface area contributed by atoms with Crippen LogP contribution in [-0.4, -0.2) is 24.9 Å². The standard InChI is InChI=1S/C10H16N4O/c1-3-4-5-6-10(15)9(7-11)14-13-8-12-2/h8H,3-6H2,1-2H3,(H,12,13)/b14-9+. The number of hydrogen-bond donors (Lipinski definition) is 1. The molecule has 15 heavy (non-hydrogen) atoms. The predicted octanol–water partition coefficient (Wildman–Crippen LogP) is 1.26. The van der Waals surface area contributed by atoms with Crippen LogP contribution in [0.1, 0.15) is 32.6 Å². The molecule has 0 aromatic rings. The van der Waals surface area contributed by atoms with E-state index in [1.165, 1.54) is 6.34 Å². The largest absolute Gasteiger partial charge is 0.292 e. The maximum absolute atomic E-state index is 11.4. The van der Waals surface area contributed by atoms with Crippen LogP contribution in [0.15, 0.2) is 10.1 Å². The van der Waals surface area contributed by atoms with Crippen molar-refractivity contribution in [2.75, 3.05) is 7.05 Å². The van der Waals surface area contributed by atoms with Gasteiger partial charge in [0.05, 0.1) is 0 Å². The van der Waals surface area contributed by atoms with Gasteiger partial charge in [-0.15, -0.1) is 0 Å². The number of nitriles is 1. The lowest BCUT2D eigenvalue weighted by Crippen LogP contribution is -2.16. The van der Waals surface area contributed by atoms with Gasteiger partial charge in [0.2, 0.25) is 5.71 Å². The monoisotopic (exact) mass is 208 g/mol. The van der Waals surface area contributed by atoms with E-state index in [1.54, 1.807) is 13.1 Å². The molecular weight excluding hydrogens is 192 g/mol. The number of rotatable bonds is 7. The van der Waals surface area contributed by atoms with E-state index >= 15 is 0 Å². The summed E-state index contributed by atoms with van der Waals surface area (Å²) in [5.41, 5.74) is 2.32. The second kappa shape index (κ2) is 8.88. The van der Waals surface area contributed by atoms with Gasteiger partial charge in [0.15, 0.2) is 5.78 Å². The molecule has 0 rings (SSSR count). The van der Waals surface area contributed by atoms with E-state index < -0.39 is 0 Å². The number of carbonyl (C=O) groups excluding carboxylic acids is 1. The zero-order chi connectivity index (χ0) is 11.5. The molecule has 0 saturated carbocycles. The zero-order valence-electron chi connectivity index (χ0n) is 9.16. The highest BCUT2D eigenvalue weighted by Crippen LogP contribution is 2.00. The molecule has 0 fully saturated rings. The number of Topliss-reactive ketones (excluding diaryl/α,β-unsaturated/α-hetero) is 1. The minimum atomic E-state index is -0.219. The van der Waals surface area contributed by atoms with Gasteiger partial charge in [-0.3, -0.25) is 15.2 Å². The quantitative estimate of drug-likeness (QED) is 0.296. The Morgan fingerprint density at radius 1 is 1.53 bits per heavy atom. The first-order valence-corrected chi connectivity index (χ1v) is 4.93. The Morgan fingerprint density at radius 2 is 2.27 bits per heavy atom. The average Bonchev–Trinajstić information content (AvgIpc) is 2.24. The maximum atomic E-state index is 11.4. The van der Waals surface area contributed by atoms with Crippen molar-refractivity contribution >= 4 is 17.8 Å². The normalized spacial score (nSPS) is 11.4. The predicted molar refractivity (Wildman–Crippen MR) is 59.7 cm³/mol. The third-order valence-corrected chi connectivity index (χ3v) is 1.74. The molecule has 0 amide bonds. The van der Waals surface area contributed by atoms with Crippen LogP contribution < -0.4 is 5.43 Å². The Morgan fingerprint density at radius 3 is 2.80 bits per heavy atom. The van der Waals surface area contributed by atoms with E-state index in [4.69, 9.17) is 5.26 Å². The Kier molecular flexibility index (Phi) is 7.87. The highest BCUT2D eigenvalue weighted by molar-refractivity contribution is 6.45. The van der Waals surface area contributed by atoms with Gasteiger partial charge in [0.25, 0.3) is 0 Å². The molecule has 0 aromatic heterocycles. The molecule has 0 aliphatic carbocycles. The highest BCUT2D eigenvalue weighted by atomic mass is 16.1. The third kappa shape index (κ3) is 6.38. The van der Waals surface area contributed by atoms with Crippen molar-refractivity contribution in [2.45, 2.75) is 32.6 Å². The molecule has 0 aliphatic heterocycles. The number of carbonyl (C=O) groups is 1. The second-order valence-corrected chi connectivity index (χ2v) is 2.97. The maximum Gasteiger partial charge on any atom is 0.203 e. The summed E-state index contributed by atoms with van der Waals surface area (Å²) in [7, 11) is 1.57. The SMILES string of the molecule is CCCCCC(=O)/C(C#N)=N/N/C=N\C. The van der Waals surface area contributed by atoms with Gasteiger partial charge >= 0.3 is 0 Å². The van der Waals surface area contributed by atoms with Crippen molar-refractivity contribution in [3.05, 3.63) is 0 Å². The lowest BCUT2D eigenvalue weighted by molar-refractivity contribution is -0.113. The number of nitrogens with one attached hydrogen (secondary N) is 1. The first-order chi connectivity index (χ1) is 7.26. The Balaban J connectivity index is 4.11. The lowest BCUT2D eigenvalue weighted by Gasteiger charge is -1.97. The lowest BCUT2D eigenvalue weighted by atomic mass is 10.1. The fourth-order valence-corrected chi connectivity index (χ4v) is 0.955. The van der Waals surface area contributed by atoms with Crippen molar-refractivity contribution in [1.29, 1.82) is 5.26 Å². The number of hydrazone groups is 1. The minimum Gasteiger partial charge on any atom is -0.292 e. The third-order valence-electron chi connectivity index (χ3n) is 1.74. The molecule has 0 aliphatic rings. The molecule has 0 heterocycles. The summed E-state index contributed by atoms with van der Waals surface area (Å²) in [4.78, 5) is 15.0. The van der Waals surface area contributed by atoms with E-state index in [0.29, 0.717) is 6.42 Å². The van der Waals surface area contributed by atoms with Gasteiger partial charge in [-0.25, -0.2) is 0 Å². The molecule has 0 bridgehead atoms. The zero-order valence-corrected chi connectivity index (χ0v) is 9.16. The van der Waals surface area contributed by atoms with Gasteiger partial charge < -0.3 is 0 Å². The minimum absolute atomic E-state index is 0.0917. The van der Waals surface area contributed by atoms with Crippen LogP contribution >= 0.6 is 0 Å². The van der Waals surface area contributed by atoms with Crippen molar-refractivity contribution in [2.24, 2.45) is 10.1 Å². The molecule has 0 radical (unpaired) electrons.